The number of carbonyl (C=O) groups excluding carboxylic acids is 1. The van der Waals surface area contributed by atoms with Crippen molar-refractivity contribution in [3.05, 3.63) is 71.4 Å². The van der Waals surface area contributed by atoms with E-state index in [1.807, 2.05) is 62.4 Å². The summed E-state index contributed by atoms with van der Waals surface area (Å²) in [5.74, 6) is 0.935. The molecule has 1 saturated heterocycles. The lowest BCUT2D eigenvalue weighted by Crippen LogP contribution is -2.40. The number of rotatable bonds is 7. The molecule has 1 aromatic heterocycles. The van der Waals surface area contributed by atoms with Gasteiger partial charge in [0.25, 0.3) is 5.91 Å². The standard InChI is InChI=1S/C24H26N2O5S/c1-3-30-21-10-6-18(7-11-21)15-26(20-12-13-32(28,29)16-20)24(27)22-14-23(31-25-22)19-8-4-17(2)5-9-19/h4-11,14,20H,3,12-13,15-16H2,1-2H3/t20-/m1/s1. The van der Waals surface area contributed by atoms with Crippen LogP contribution in [0, 0.1) is 6.92 Å². The van der Waals surface area contributed by atoms with Gasteiger partial charge in [0.05, 0.1) is 18.1 Å². The van der Waals surface area contributed by atoms with Gasteiger partial charge in [-0.25, -0.2) is 8.42 Å². The Morgan fingerprint density at radius 2 is 1.88 bits per heavy atom. The predicted molar refractivity (Wildman–Crippen MR) is 121 cm³/mol. The molecule has 0 aliphatic carbocycles. The summed E-state index contributed by atoms with van der Waals surface area (Å²) < 4.78 is 35.1. The van der Waals surface area contributed by atoms with Crippen LogP contribution in [-0.2, 0) is 16.4 Å². The molecule has 0 spiro atoms. The average Bonchev–Trinajstić information content (AvgIpc) is 3.40. The third-order valence-electron chi connectivity index (χ3n) is 5.56. The number of aromatic nitrogens is 1. The number of carbonyl (C=O) groups is 1. The first-order valence-electron chi connectivity index (χ1n) is 10.6. The highest BCUT2D eigenvalue weighted by molar-refractivity contribution is 7.91. The molecule has 1 atom stereocenters. The Balaban J connectivity index is 1.59. The molecule has 2 heterocycles. The molecule has 168 valence electrons. The van der Waals surface area contributed by atoms with Gasteiger partial charge in [-0.2, -0.15) is 0 Å². The van der Waals surface area contributed by atoms with Gasteiger partial charge in [-0.05, 0) is 38.0 Å². The number of hydrogen-bond acceptors (Lipinski definition) is 6. The molecule has 1 aliphatic heterocycles. The number of nitrogens with zero attached hydrogens (tertiary/aromatic N) is 2. The van der Waals surface area contributed by atoms with Crippen molar-refractivity contribution in [3.8, 4) is 17.1 Å². The number of aryl methyl sites for hydroxylation is 1. The van der Waals surface area contributed by atoms with Gasteiger partial charge in [-0.1, -0.05) is 47.1 Å². The van der Waals surface area contributed by atoms with E-state index in [4.69, 9.17) is 9.26 Å². The van der Waals surface area contributed by atoms with Gasteiger partial charge < -0.3 is 14.2 Å². The molecule has 1 fully saturated rings. The van der Waals surface area contributed by atoms with Gasteiger partial charge in [0.1, 0.15) is 5.75 Å². The highest BCUT2D eigenvalue weighted by atomic mass is 32.2. The van der Waals surface area contributed by atoms with E-state index in [-0.39, 0.29) is 29.7 Å². The van der Waals surface area contributed by atoms with E-state index in [2.05, 4.69) is 5.16 Å². The van der Waals surface area contributed by atoms with E-state index in [0.717, 1.165) is 22.4 Å². The van der Waals surface area contributed by atoms with E-state index in [1.165, 1.54) is 0 Å². The second kappa shape index (κ2) is 9.16. The highest BCUT2D eigenvalue weighted by Gasteiger charge is 2.36. The molecule has 3 aromatic rings. The summed E-state index contributed by atoms with van der Waals surface area (Å²) in [4.78, 5) is 15.0. The minimum Gasteiger partial charge on any atom is -0.494 e. The van der Waals surface area contributed by atoms with E-state index in [0.29, 0.717) is 18.8 Å². The summed E-state index contributed by atoms with van der Waals surface area (Å²) in [5.41, 5.74) is 2.99. The van der Waals surface area contributed by atoms with Crippen molar-refractivity contribution < 1.29 is 22.5 Å². The molecule has 2 aromatic carbocycles. The van der Waals surface area contributed by atoms with Crippen LogP contribution in [-0.4, -0.2) is 48.5 Å². The molecular formula is C24H26N2O5S. The summed E-state index contributed by atoms with van der Waals surface area (Å²) in [5, 5.41) is 3.99. The fourth-order valence-corrected chi connectivity index (χ4v) is 5.55. The highest BCUT2D eigenvalue weighted by Crippen LogP contribution is 2.26. The van der Waals surface area contributed by atoms with Gasteiger partial charge in [-0.15, -0.1) is 0 Å². The third-order valence-corrected chi connectivity index (χ3v) is 7.31. The molecule has 1 aliphatic rings. The SMILES string of the molecule is CCOc1ccc(CN(C(=O)c2cc(-c3ccc(C)cc3)on2)[C@@H]2CCS(=O)(=O)C2)cc1. The largest absolute Gasteiger partial charge is 0.494 e. The Morgan fingerprint density at radius 1 is 1.16 bits per heavy atom. The first-order chi connectivity index (χ1) is 15.3. The molecule has 0 radical (unpaired) electrons. The Morgan fingerprint density at radius 3 is 2.50 bits per heavy atom. The zero-order valence-corrected chi connectivity index (χ0v) is 19.0. The minimum absolute atomic E-state index is 0.0432. The van der Waals surface area contributed by atoms with Gasteiger partial charge in [0, 0.05) is 24.2 Å². The number of ether oxygens (including phenoxy) is 1. The van der Waals surface area contributed by atoms with Crippen molar-refractivity contribution in [2.24, 2.45) is 0 Å². The molecule has 0 saturated carbocycles. The van der Waals surface area contributed by atoms with Crippen LogP contribution in [0.1, 0.15) is 35.0 Å². The van der Waals surface area contributed by atoms with Crippen LogP contribution < -0.4 is 4.74 Å². The number of amides is 1. The van der Waals surface area contributed by atoms with Crippen molar-refractivity contribution in [1.29, 1.82) is 0 Å². The Hall–Kier alpha value is -3.13. The summed E-state index contributed by atoms with van der Waals surface area (Å²) in [7, 11) is -3.16. The van der Waals surface area contributed by atoms with E-state index >= 15 is 0 Å². The fraction of sp³-hybridized carbons (Fsp3) is 0.333. The second-order valence-electron chi connectivity index (χ2n) is 8.01. The molecule has 0 bridgehead atoms. The van der Waals surface area contributed by atoms with Crippen LogP contribution in [0.3, 0.4) is 0 Å². The van der Waals surface area contributed by atoms with E-state index in [9.17, 15) is 13.2 Å². The molecule has 8 heteroatoms. The molecule has 4 rings (SSSR count). The van der Waals surface area contributed by atoms with Gasteiger partial charge in [0.2, 0.25) is 0 Å². The zero-order chi connectivity index (χ0) is 22.7. The van der Waals surface area contributed by atoms with Crippen molar-refractivity contribution in [2.75, 3.05) is 18.1 Å². The minimum atomic E-state index is -3.16. The van der Waals surface area contributed by atoms with Crippen molar-refractivity contribution >= 4 is 15.7 Å². The average molecular weight is 455 g/mol. The van der Waals surface area contributed by atoms with Crippen LogP contribution in [0.5, 0.6) is 5.75 Å². The summed E-state index contributed by atoms with van der Waals surface area (Å²) >= 11 is 0. The number of benzene rings is 2. The van der Waals surface area contributed by atoms with Crippen LogP contribution in [0.2, 0.25) is 0 Å². The molecular weight excluding hydrogens is 428 g/mol. The van der Waals surface area contributed by atoms with Crippen molar-refractivity contribution in [2.45, 2.75) is 32.9 Å². The fourth-order valence-electron chi connectivity index (χ4n) is 3.82. The predicted octanol–water partition coefficient (Wildman–Crippen LogP) is 3.88. The zero-order valence-electron chi connectivity index (χ0n) is 18.2. The van der Waals surface area contributed by atoms with Crippen LogP contribution in [0.15, 0.2) is 59.1 Å². The molecule has 0 unspecified atom stereocenters. The lowest BCUT2D eigenvalue weighted by atomic mass is 10.1. The van der Waals surface area contributed by atoms with E-state index < -0.39 is 15.9 Å². The number of hydrogen-bond donors (Lipinski definition) is 0. The first-order valence-corrected chi connectivity index (χ1v) is 12.4. The summed E-state index contributed by atoms with van der Waals surface area (Å²) in [6, 6.07) is 16.4. The van der Waals surface area contributed by atoms with Crippen molar-refractivity contribution in [3.63, 3.8) is 0 Å². The number of sulfone groups is 1. The Labute approximate surface area is 187 Å². The lowest BCUT2D eigenvalue weighted by molar-refractivity contribution is 0.0670. The lowest BCUT2D eigenvalue weighted by Gasteiger charge is -2.27. The maximum atomic E-state index is 13.4. The van der Waals surface area contributed by atoms with Crippen molar-refractivity contribution in [1.82, 2.24) is 10.1 Å². The maximum absolute atomic E-state index is 13.4. The molecule has 1 amide bonds. The van der Waals surface area contributed by atoms with Gasteiger partial charge >= 0.3 is 0 Å². The molecule has 0 N–H and O–H groups in total. The summed E-state index contributed by atoms with van der Waals surface area (Å²) in [6.07, 6.45) is 0.410. The topological polar surface area (TPSA) is 89.7 Å². The van der Waals surface area contributed by atoms with Crippen LogP contribution in [0.25, 0.3) is 11.3 Å². The normalized spacial score (nSPS) is 17.2. The molecule has 32 heavy (non-hydrogen) atoms. The quantitative estimate of drug-likeness (QED) is 0.538. The second-order valence-corrected chi connectivity index (χ2v) is 10.2. The van der Waals surface area contributed by atoms with E-state index in [1.54, 1.807) is 11.0 Å². The summed E-state index contributed by atoms with van der Waals surface area (Å²) in [6.45, 7) is 4.75. The molecule has 7 nitrogen and oxygen atoms in total. The monoisotopic (exact) mass is 454 g/mol. The smallest absolute Gasteiger partial charge is 0.276 e. The Kier molecular flexibility index (Phi) is 6.32. The van der Waals surface area contributed by atoms with Crippen LogP contribution >= 0.6 is 0 Å². The third kappa shape index (κ3) is 5.02. The van der Waals surface area contributed by atoms with Gasteiger partial charge in [-0.3, -0.25) is 4.79 Å². The maximum Gasteiger partial charge on any atom is 0.276 e. The van der Waals surface area contributed by atoms with Gasteiger partial charge in [0.15, 0.2) is 21.3 Å². The first kappa shape index (κ1) is 22.1. The van der Waals surface area contributed by atoms with Crippen LogP contribution in [0.4, 0.5) is 0 Å². The Bertz CT molecular complexity index is 1180.